The van der Waals surface area contributed by atoms with Crippen LogP contribution < -0.4 is 10.6 Å². The minimum absolute atomic E-state index is 0.0894. The van der Waals surface area contributed by atoms with Gasteiger partial charge in [0.05, 0.1) is 5.92 Å². The van der Waals surface area contributed by atoms with Gasteiger partial charge in [-0.2, -0.15) is 0 Å². The van der Waals surface area contributed by atoms with Gasteiger partial charge in [0.25, 0.3) is 5.91 Å². The molecule has 2 fully saturated rings. The largest absolute Gasteiger partial charge is 0.455 e. The average molecular weight is 324 g/mol. The Morgan fingerprint density at radius 2 is 1.61 bits per heavy atom. The fraction of sp³-hybridized carbons (Fsp3) is 0.824. The maximum Gasteiger partial charge on any atom is 0.321 e. The highest BCUT2D eigenvalue weighted by Gasteiger charge is 2.25. The first-order valence-electron chi connectivity index (χ1n) is 8.83. The minimum atomic E-state index is -0.574. The predicted octanol–water partition coefficient (Wildman–Crippen LogP) is 2.51. The van der Waals surface area contributed by atoms with Crippen molar-refractivity contribution in [2.24, 2.45) is 11.8 Å². The lowest BCUT2D eigenvalue weighted by molar-refractivity contribution is -0.153. The Balaban J connectivity index is 1.65. The summed E-state index contributed by atoms with van der Waals surface area (Å²) in [5.41, 5.74) is 0. The quantitative estimate of drug-likeness (QED) is 0.778. The number of nitrogens with one attached hydrogen (secondary N) is 2. The topological polar surface area (TPSA) is 84.5 Å². The Labute approximate surface area is 137 Å². The molecule has 0 spiro atoms. The van der Waals surface area contributed by atoms with Gasteiger partial charge in [0.2, 0.25) is 0 Å². The molecule has 0 heterocycles. The van der Waals surface area contributed by atoms with Crippen LogP contribution in [0.15, 0.2) is 0 Å². The summed E-state index contributed by atoms with van der Waals surface area (Å²) in [6.07, 6.45) is 9.23. The third kappa shape index (κ3) is 5.84. The van der Waals surface area contributed by atoms with Gasteiger partial charge in [-0.15, -0.1) is 0 Å². The number of urea groups is 1. The third-order valence-corrected chi connectivity index (χ3v) is 4.96. The van der Waals surface area contributed by atoms with Gasteiger partial charge in [-0.05, 0) is 31.6 Å². The van der Waals surface area contributed by atoms with E-state index in [2.05, 4.69) is 17.6 Å². The van der Waals surface area contributed by atoms with Crippen molar-refractivity contribution in [3.8, 4) is 0 Å². The molecule has 130 valence electrons. The Bertz CT molecular complexity index is 432. The standard InChI is InChI=1S/C17H28N2O4/c1-12-7-5-6-10-14(12)18-17(22)19-15(20)11-23-16(21)13-8-3-2-4-9-13/h12-14H,2-11H2,1H3,(H2,18,19,20,22). The van der Waals surface area contributed by atoms with Crippen molar-refractivity contribution < 1.29 is 19.1 Å². The number of imide groups is 1. The van der Waals surface area contributed by atoms with Crippen LogP contribution in [0.2, 0.25) is 0 Å². The first-order chi connectivity index (χ1) is 11.1. The molecule has 6 nitrogen and oxygen atoms in total. The molecule has 0 aromatic carbocycles. The minimum Gasteiger partial charge on any atom is -0.455 e. The van der Waals surface area contributed by atoms with Gasteiger partial charge in [-0.25, -0.2) is 4.79 Å². The van der Waals surface area contributed by atoms with Crippen molar-refractivity contribution in [2.45, 2.75) is 70.8 Å². The van der Waals surface area contributed by atoms with Gasteiger partial charge in [0.1, 0.15) is 0 Å². The molecule has 2 unspecified atom stereocenters. The highest BCUT2D eigenvalue weighted by atomic mass is 16.5. The van der Waals surface area contributed by atoms with E-state index in [-0.39, 0.29) is 24.5 Å². The summed E-state index contributed by atoms with van der Waals surface area (Å²) in [5.74, 6) is -0.557. The summed E-state index contributed by atoms with van der Waals surface area (Å²) in [6.45, 7) is 1.72. The molecule has 0 aliphatic heterocycles. The van der Waals surface area contributed by atoms with Gasteiger partial charge in [-0.3, -0.25) is 14.9 Å². The highest BCUT2D eigenvalue weighted by Crippen LogP contribution is 2.25. The fourth-order valence-corrected chi connectivity index (χ4v) is 3.49. The average Bonchev–Trinajstić information content (AvgIpc) is 2.55. The molecule has 2 N–H and O–H groups in total. The van der Waals surface area contributed by atoms with Crippen molar-refractivity contribution in [1.82, 2.24) is 10.6 Å². The van der Waals surface area contributed by atoms with Gasteiger partial charge >= 0.3 is 12.0 Å². The zero-order chi connectivity index (χ0) is 16.7. The van der Waals surface area contributed by atoms with Gasteiger partial charge in [0.15, 0.2) is 6.61 Å². The molecule has 0 aromatic rings. The number of rotatable bonds is 4. The molecule has 0 aromatic heterocycles. The molecule has 2 aliphatic carbocycles. The van der Waals surface area contributed by atoms with Gasteiger partial charge in [0, 0.05) is 6.04 Å². The molecule has 2 aliphatic rings. The van der Waals surface area contributed by atoms with Crippen LogP contribution in [0.5, 0.6) is 0 Å². The van der Waals surface area contributed by atoms with E-state index in [0.717, 1.165) is 51.4 Å². The summed E-state index contributed by atoms with van der Waals surface area (Å²) < 4.78 is 5.02. The van der Waals surface area contributed by atoms with Crippen LogP contribution in [0.1, 0.15) is 64.7 Å². The number of hydrogen-bond donors (Lipinski definition) is 2. The maximum absolute atomic E-state index is 11.8. The molecule has 23 heavy (non-hydrogen) atoms. The molecule has 6 heteroatoms. The number of amides is 3. The second-order valence-corrected chi connectivity index (χ2v) is 6.83. The summed E-state index contributed by atoms with van der Waals surface area (Å²) in [5, 5.41) is 5.08. The van der Waals surface area contributed by atoms with E-state index in [1.165, 1.54) is 6.42 Å². The molecular weight excluding hydrogens is 296 g/mol. The van der Waals surface area contributed by atoms with E-state index in [1.807, 2.05) is 0 Å². The number of carbonyl (C=O) groups is 3. The zero-order valence-electron chi connectivity index (χ0n) is 13.9. The molecule has 0 bridgehead atoms. The Hall–Kier alpha value is -1.59. The van der Waals surface area contributed by atoms with Crippen LogP contribution in [0.25, 0.3) is 0 Å². The van der Waals surface area contributed by atoms with Crippen LogP contribution in [0.3, 0.4) is 0 Å². The van der Waals surface area contributed by atoms with E-state index in [4.69, 9.17) is 4.74 Å². The second kappa shape index (κ2) is 8.89. The Morgan fingerprint density at radius 3 is 2.30 bits per heavy atom. The van der Waals surface area contributed by atoms with Crippen molar-refractivity contribution in [1.29, 1.82) is 0 Å². The van der Waals surface area contributed by atoms with Crippen molar-refractivity contribution >= 4 is 17.9 Å². The molecule has 2 rings (SSSR count). The number of esters is 1. The molecule has 3 amide bonds. The Morgan fingerprint density at radius 1 is 0.957 bits per heavy atom. The predicted molar refractivity (Wildman–Crippen MR) is 85.6 cm³/mol. The van der Waals surface area contributed by atoms with E-state index < -0.39 is 11.9 Å². The summed E-state index contributed by atoms with van der Waals surface area (Å²) in [7, 11) is 0. The van der Waals surface area contributed by atoms with E-state index in [1.54, 1.807) is 0 Å². The zero-order valence-corrected chi connectivity index (χ0v) is 13.9. The number of ether oxygens (including phenoxy) is 1. The summed E-state index contributed by atoms with van der Waals surface area (Å²) in [6, 6.07) is -0.385. The van der Waals surface area contributed by atoms with Crippen LogP contribution in [-0.2, 0) is 14.3 Å². The molecule has 2 atom stereocenters. The second-order valence-electron chi connectivity index (χ2n) is 6.83. The lowest BCUT2D eigenvalue weighted by atomic mass is 9.86. The summed E-state index contributed by atoms with van der Waals surface area (Å²) >= 11 is 0. The van der Waals surface area contributed by atoms with E-state index >= 15 is 0 Å². The van der Waals surface area contributed by atoms with Crippen molar-refractivity contribution in [3.05, 3.63) is 0 Å². The molecule has 2 saturated carbocycles. The van der Waals surface area contributed by atoms with E-state index in [0.29, 0.717) is 5.92 Å². The van der Waals surface area contributed by atoms with E-state index in [9.17, 15) is 14.4 Å². The normalized spacial score (nSPS) is 25.4. The maximum atomic E-state index is 11.8. The smallest absolute Gasteiger partial charge is 0.321 e. The first-order valence-corrected chi connectivity index (χ1v) is 8.83. The lowest BCUT2D eigenvalue weighted by Gasteiger charge is -2.29. The third-order valence-electron chi connectivity index (χ3n) is 4.96. The monoisotopic (exact) mass is 324 g/mol. The van der Waals surface area contributed by atoms with Gasteiger partial charge < -0.3 is 10.1 Å². The SMILES string of the molecule is CC1CCCCC1NC(=O)NC(=O)COC(=O)C1CCCCC1. The molecule has 0 saturated heterocycles. The molecular formula is C17H28N2O4. The van der Waals surface area contributed by atoms with Crippen LogP contribution in [0.4, 0.5) is 4.79 Å². The van der Waals surface area contributed by atoms with Gasteiger partial charge in [-0.1, -0.05) is 39.0 Å². The van der Waals surface area contributed by atoms with Crippen molar-refractivity contribution in [2.75, 3.05) is 6.61 Å². The van der Waals surface area contributed by atoms with Crippen molar-refractivity contribution in [3.63, 3.8) is 0 Å². The first kappa shape index (κ1) is 17.8. The van der Waals surface area contributed by atoms with Crippen LogP contribution in [-0.4, -0.2) is 30.6 Å². The number of carbonyl (C=O) groups excluding carboxylic acids is 3. The highest BCUT2D eigenvalue weighted by molar-refractivity contribution is 5.95. The molecule has 0 radical (unpaired) electrons. The summed E-state index contributed by atoms with van der Waals surface area (Å²) in [4.78, 5) is 35.4. The van der Waals surface area contributed by atoms with Crippen LogP contribution in [0, 0.1) is 11.8 Å². The van der Waals surface area contributed by atoms with Crippen LogP contribution >= 0.6 is 0 Å². The fourth-order valence-electron chi connectivity index (χ4n) is 3.49. The Kier molecular flexibility index (Phi) is 6.86. The lowest BCUT2D eigenvalue weighted by Crippen LogP contribution is -2.48. The number of hydrogen-bond acceptors (Lipinski definition) is 4.